The zero-order chi connectivity index (χ0) is 14.8. The first-order valence-electron chi connectivity index (χ1n) is 5.81. The number of sulfonamides is 1. The predicted molar refractivity (Wildman–Crippen MR) is 78.1 cm³/mol. The molecule has 0 atom stereocenters. The van der Waals surface area contributed by atoms with E-state index in [0.29, 0.717) is 5.69 Å². The third kappa shape index (κ3) is 3.17. The van der Waals surface area contributed by atoms with Gasteiger partial charge in [-0.25, -0.2) is 18.4 Å². The highest BCUT2D eigenvalue weighted by Gasteiger charge is 2.16. The van der Waals surface area contributed by atoms with E-state index >= 15 is 0 Å². The fraction of sp³-hybridized carbons (Fsp3) is 0.167. The first kappa shape index (κ1) is 14.5. The average molecular weight is 313 g/mol. The molecule has 0 aliphatic rings. The fourth-order valence-corrected chi connectivity index (χ4v) is 2.83. The Hall–Kier alpha value is -1.86. The maximum absolute atomic E-state index is 12.2. The molecule has 20 heavy (non-hydrogen) atoms. The number of hydrogen-bond donors (Lipinski definition) is 2. The van der Waals surface area contributed by atoms with Crippen molar-refractivity contribution >= 4 is 33.1 Å². The Bertz CT molecular complexity index is 734. The Morgan fingerprint density at radius 3 is 2.65 bits per heavy atom. The topological polar surface area (TPSA) is 98.0 Å². The van der Waals surface area contributed by atoms with Gasteiger partial charge >= 0.3 is 0 Å². The van der Waals surface area contributed by atoms with Gasteiger partial charge in [0.2, 0.25) is 0 Å². The van der Waals surface area contributed by atoms with Crippen LogP contribution in [0.2, 0.25) is 5.15 Å². The number of nitrogen functional groups attached to an aromatic ring is 1. The van der Waals surface area contributed by atoms with Gasteiger partial charge in [0.25, 0.3) is 10.0 Å². The lowest BCUT2D eigenvalue weighted by Crippen LogP contribution is -2.14. The van der Waals surface area contributed by atoms with E-state index in [1.54, 1.807) is 6.07 Å². The number of halogens is 1. The van der Waals surface area contributed by atoms with Gasteiger partial charge in [0.1, 0.15) is 17.3 Å². The maximum atomic E-state index is 12.2. The first-order valence-corrected chi connectivity index (χ1v) is 7.67. The van der Waals surface area contributed by atoms with Crippen molar-refractivity contribution < 1.29 is 8.42 Å². The monoisotopic (exact) mass is 312 g/mol. The molecule has 3 N–H and O–H groups in total. The number of nitrogens with zero attached hydrogens (tertiary/aromatic N) is 2. The summed E-state index contributed by atoms with van der Waals surface area (Å²) in [5, 5.41) is 0.151. The third-order valence-corrected chi connectivity index (χ3v) is 4.24. The van der Waals surface area contributed by atoms with E-state index in [-0.39, 0.29) is 15.9 Å². The highest BCUT2D eigenvalue weighted by atomic mass is 35.5. The van der Waals surface area contributed by atoms with Crippen LogP contribution in [0.1, 0.15) is 12.5 Å². The number of nitrogens with one attached hydrogen (secondary N) is 1. The van der Waals surface area contributed by atoms with Crippen molar-refractivity contribution in [3.05, 3.63) is 41.3 Å². The van der Waals surface area contributed by atoms with Gasteiger partial charge in [-0.2, -0.15) is 0 Å². The molecule has 0 bridgehead atoms. The van der Waals surface area contributed by atoms with Gasteiger partial charge in [0, 0.05) is 11.8 Å². The molecule has 0 saturated carbocycles. The number of aryl methyl sites for hydroxylation is 1. The highest BCUT2D eigenvalue weighted by molar-refractivity contribution is 7.92. The van der Waals surface area contributed by atoms with Crippen LogP contribution in [0.25, 0.3) is 0 Å². The summed E-state index contributed by atoms with van der Waals surface area (Å²) in [4.78, 5) is 7.54. The van der Waals surface area contributed by atoms with Gasteiger partial charge in [-0.1, -0.05) is 24.6 Å². The maximum Gasteiger partial charge on any atom is 0.263 e. The minimum Gasteiger partial charge on any atom is -0.398 e. The van der Waals surface area contributed by atoms with Gasteiger partial charge in [0.15, 0.2) is 0 Å². The number of anilines is 2. The molecule has 8 heteroatoms. The first-order chi connectivity index (χ1) is 9.42. The average Bonchev–Trinajstić information content (AvgIpc) is 2.38. The molecular weight excluding hydrogens is 300 g/mol. The molecular formula is C12H13ClN4O2S. The zero-order valence-corrected chi connectivity index (χ0v) is 12.2. The normalized spacial score (nSPS) is 11.3. The minimum atomic E-state index is -3.76. The summed E-state index contributed by atoms with van der Waals surface area (Å²) in [7, 11) is -3.76. The van der Waals surface area contributed by atoms with Crippen LogP contribution in [0.3, 0.4) is 0 Å². The van der Waals surface area contributed by atoms with Crippen LogP contribution in [0.5, 0.6) is 0 Å². The lowest BCUT2D eigenvalue weighted by molar-refractivity contribution is 0.601. The van der Waals surface area contributed by atoms with Crippen molar-refractivity contribution in [1.82, 2.24) is 9.97 Å². The Kier molecular flexibility index (Phi) is 4.10. The molecule has 0 aliphatic heterocycles. The second-order valence-corrected chi connectivity index (χ2v) is 6.12. The number of rotatable bonds is 4. The van der Waals surface area contributed by atoms with Crippen molar-refractivity contribution in [3.8, 4) is 0 Å². The second-order valence-electron chi connectivity index (χ2n) is 4.05. The SMILES string of the molecule is CCc1ccc(S(=O)(=O)Nc2cc(Cl)ncn2)cc1N. The van der Waals surface area contributed by atoms with E-state index in [1.165, 1.54) is 24.5 Å². The Balaban J connectivity index is 2.33. The Morgan fingerprint density at radius 1 is 1.30 bits per heavy atom. The summed E-state index contributed by atoms with van der Waals surface area (Å²) in [5.41, 5.74) is 7.15. The van der Waals surface area contributed by atoms with Crippen molar-refractivity contribution in [2.24, 2.45) is 0 Å². The van der Waals surface area contributed by atoms with E-state index in [9.17, 15) is 8.42 Å². The van der Waals surface area contributed by atoms with Crippen molar-refractivity contribution in [2.45, 2.75) is 18.2 Å². The van der Waals surface area contributed by atoms with Crippen LogP contribution in [0.4, 0.5) is 11.5 Å². The zero-order valence-electron chi connectivity index (χ0n) is 10.7. The molecule has 1 aromatic heterocycles. The summed E-state index contributed by atoms with van der Waals surface area (Å²) in [6, 6.07) is 5.93. The number of aromatic nitrogens is 2. The third-order valence-electron chi connectivity index (χ3n) is 2.68. The lowest BCUT2D eigenvalue weighted by atomic mass is 10.1. The summed E-state index contributed by atoms with van der Waals surface area (Å²) >= 11 is 5.68. The molecule has 0 saturated heterocycles. The number of hydrogen-bond acceptors (Lipinski definition) is 5. The Labute approximate surface area is 122 Å². The molecule has 0 aliphatic carbocycles. The molecule has 2 aromatic rings. The highest BCUT2D eigenvalue weighted by Crippen LogP contribution is 2.21. The van der Waals surface area contributed by atoms with Crippen LogP contribution >= 0.6 is 11.6 Å². The quantitative estimate of drug-likeness (QED) is 0.665. The van der Waals surface area contributed by atoms with Crippen molar-refractivity contribution in [2.75, 3.05) is 10.5 Å². The largest absolute Gasteiger partial charge is 0.398 e. The van der Waals surface area contributed by atoms with Gasteiger partial charge in [0.05, 0.1) is 4.90 Å². The van der Waals surface area contributed by atoms with E-state index in [1.807, 2.05) is 6.92 Å². The molecule has 6 nitrogen and oxygen atoms in total. The summed E-state index contributed by atoms with van der Waals surface area (Å²) in [5.74, 6) is 0.100. The van der Waals surface area contributed by atoms with Crippen molar-refractivity contribution in [1.29, 1.82) is 0 Å². The van der Waals surface area contributed by atoms with Crippen LogP contribution in [-0.4, -0.2) is 18.4 Å². The molecule has 106 valence electrons. The van der Waals surface area contributed by atoms with Gasteiger partial charge in [-0.05, 0) is 24.1 Å². The van der Waals surface area contributed by atoms with Crippen molar-refractivity contribution in [3.63, 3.8) is 0 Å². The molecule has 1 aromatic carbocycles. The summed E-state index contributed by atoms with van der Waals surface area (Å²) in [6.45, 7) is 1.95. The summed E-state index contributed by atoms with van der Waals surface area (Å²) < 4.78 is 26.7. The van der Waals surface area contributed by atoms with Gasteiger partial charge < -0.3 is 5.73 Å². The molecule has 0 fully saturated rings. The van der Waals surface area contributed by atoms with Gasteiger partial charge in [-0.3, -0.25) is 4.72 Å². The fourth-order valence-electron chi connectivity index (χ4n) is 1.65. The molecule has 0 spiro atoms. The Morgan fingerprint density at radius 2 is 2.05 bits per heavy atom. The summed E-state index contributed by atoms with van der Waals surface area (Å²) in [6.07, 6.45) is 1.91. The molecule has 0 radical (unpaired) electrons. The van der Waals surface area contributed by atoms with Crippen LogP contribution in [-0.2, 0) is 16.4 Å². The van der Waals surface area contributed by atoms with E-state index in [0.717, 1.165) is 12.0 Å². The second kappa shape index (κ2) is 5.64. The van der Waals surface area contributed by atoms with Gasteiger partial charge in [-0.15, -0.1) is 0 Å². The lowest BCUT2D eigenvalue weighted by Gasteiger charge is -2.09. The predicted octanol–water partition coefficient (Wildman–Crippen LogP) is 2.08. The molecule has 1 heterocycles. The van der Waals surface area contributed by atoms with Crippen LogP contribution in [0.15, 0.2) is 35.5 Å². The molecule has 0 amide bonds. The van der Waals surface area contributed by atoms with E-state index in [2.05, 4.69) is 14.7 Å². The minimum absolute atomic E-state index is 0.0712. The number of nitrogens with two attached hydrogens (primary N) is 1. The smallest absolute Gasteiger partial charge is 0.263 e. The molecule has 0 unspecified atom stereocenters. The standard InChI is InChI=1S/C12H13ClN4O2S/c1-2-8-3-4-9(5-10(8)14)20(18,19)17-12-6-11(13)15-7-16-12/h3-7H,2,14H2,1H3,(H,15,16,17). The number of benzene rings is 1. The van der Waals surface area contributed by atoms with Crippen LogP contribution in [0, 0.1) is 0 Å². The van der Waals surface area contributed by atoms with E-state index < -0.39 is 10.0 Å². The van der Waals surface area contributed by atoms with E-state index in [4.69, 9.17) is 17.3 Å². The van der Waals surface area contributed by atoms with Crippen LogP contribution < -0.4 is 10.5 Å². The molecule has 2 rings (SSSR count).